The molecule has 1 N–H and O–H groups in total. The Hall–Kier alpha value is -3.49. The molecule has 3 aromatic rings. The number of benzene rings is 3. The number of ether oxygens (including phenoxy) is 1. The molecule has 206 valence electrons. The van der Waals surface area contributed by atoms with Crippen LogP contribution >= 0.6 is 23.5 Å². The topological polar surface area (TPSA) is 75.7 Å². The predicted octanol–water partition coefficient (Wildman–Crippen LogP) is 4.87. The van der Waals surface area contributed by atoms with Gasteiger partial charge in [-0.2, -0.15) is 11.8 Å². The number of nitrogens with one attached hydrogen (secondary N) is 1. The normalized spacial score (nSPS) is 21.7. The third-order valence-electron chi connectivity index (χ3n) is 7.15. The molecule has 5 rings (SSSR count). The minimum atomic E-state index is -0.884. The maximum atomic E-state index is 14.0. The van der Waals surface area contributed by atoms with Crippen molar-refractivity contribution in [3.05, 3.63) is 120 Å². The lowest BCUT2D eigenvalue weighted by atomic mass is 9.88. The van der Waals surface area contributed by atoms with Crippen molar-refractivity contribution in [2.75, 3.05) is 23.8 Å². The molecule has 6 nitrogen and oxygen atoms in total. The molecule has 0 aromatic heterocycles. The number of esters is 1. The minimum absolute atomic E-state index is 0.160. The summed E-state index contributed by atoms with van der Waals surface area (Å²) in [5.41, 5.74) is 1.79. The van der Waals surface area contributed by atoms with E-state index in [1.54, 1.807) is 16.7 Å². The summed E-state index contributed by atoms with van der Waals surface area (Å²) in [6.45, 7) is 4.07. The summed E-state index contributed by atoms with van der Waals surface area (Å²) in [6, 6.07) is 28.3. The molecule has 2 saturated heterocycles. The minimum Gasteiger partial charge on any atom is -0.452 e. The number of nitrogens with zero attached hydrogens (tertiary/aromatic N) is 1. The molecular formula is C32H32N2O4S2. The van der Waals surface area contributed by atoms with E-state index < -0.39 is 17.6 Å². The van der Waals surface area contributed by atoms with E-state index in [9.17, 15) is 14.4 Å². The van der Waals surface area contributed by atoms with Gasteiger partial charge in [-0.25, -0.2) is 0 Å². The number of hydrogen-bond donors (Lipinski definition) is 1. The molecule has 8 heteroatoms. The maximum absolute atomic E-state index is 14.0. The van der Waals surface area contributed by atoms with E-state index in [1.165, 1.54) is 11.8 Å². The van der Waals surface area contributed by atoms with Gasteiger partial charge in [-0.3, -0.25) is 14.4 Å². The van der Waals surface area contributed by atoms with Crippen LogP contribution in [0.2, 0.25) is 0 Å². The fourth-order valence-electron chi connectivity index (χ4n) is 5.06. The van der Waals surface area contributed by atoms with E-state index in [0.717, 1.165) is 16.7 Å². The average Bonchev–Trinajstić information content (AvgIpc) is 3.00. The van der Waals surface area contributed by atoms with Gasteiger partial charge in [0.05, 0.1) is 6.42 Å². The molecule has 0 bridgehead atoms. The number of fused-ring (bicyclic) bond motifs is 1. The Bertz CT molecular complexity index is 1300. The van der Waals surface area contributed by atoms with Gasteiger partial charge < -0.3 is 15.0 Å². The van der Waals surface area contributed by atoms with Crippen LogP contribution in [0.1, 0.15) is 22.8 Å². The van der Waals surface area contributed by atoms with Crippen molar-refractivity contribution < 1.29 is 19.1 Å². The van der Waals surface area contributed by atoms with Crippen LogP contribution < -0.4 is 5.32 Å². The second-order valence-corrected chi connectivity index (χ2v) is 12.2. The molecule has 3 atom stereocenters. The maximum Gasteiger partial charge on any atom is 0.316 e. The van der Waals surface area contributed by atoms with E-state index in [0.29, 0.717) is 17.3 Å². The highest BCUT2D eigenvalue weighted by atomic mass is 32.2. The zero-order valence-corrected chi connectivity index (χ0v) is 23.7. The molecule has 2 heterocycles. The Morgan fingerprint density at radius 3 is 2.23 bits per heavy atom. The van der Waals surface area contributed by atoms with Crippen LogP contribution in [0.15, 0.2) is 104 Å². The van der Waals surface area contributed by atoms with Crippen LogP contribution in [0, 0.1) is 5.41 Å². The van der Waals surface area contributed by atoms with Crippen molar-refractivity contribution in [2.45, 2.75) is 23.9 Å². The highest BCUT2D eigenvalue weighted by Gasteiger charge is 2.58. The van der Waals surface area contributed by atoms with Crippen LogP contribution in [0.3, 0.4) is 0 Å². The van der Waals surface area contributed by atoms with Gasteiger partial charge in [-0.05, 0) is 16.7 Å². The lowest BCUT2D eigenvalue weighted by Gasteiger charge is -2.54. The molecule has 2 fully saturated rings. The Balaban J connectivity index is 1.31. The van der Waals surface area contributed by atoms with Crippen LogP contribution in [0.4, 0.5) is 0 Å². The molecule has 0 aliphatic carbocycles. The van der Waals surface area contributed by atoms with Crippen molar-refractivity contribution in [1.29, 1.82) is 0 Å². The Labute approximate surface area is 243 Å². The lowest BCUT2D eigenvalue weighted by Crippen LogP contribution is -2.74. The standard InChI is InChI=1S/C32H32N2O4S2/c1-2-18-39-21-32(31(37)38-28(24-14-8-4-9-15-24)25-16-10-5-11-17-25)20-34-29(36)27(30(34)40-22-32)33-26(35)19-23-12-6-3-7-13-23/h2-17,27-28,30H,1,18-22H2,(H,33,35)/t27?,30-,32?/m1/s1. The number of hydrogen-bond acceptors (Lipinski definition) is 6. The van der Waals surface area contributed by atoms with Crippen molar-refractivity contribution in [3.63, 3.8) is 0 Å². The molecule has 0 radical (unpaired) electrons. The van der Waals surface area contributed by atoms with E-state index in [2.05, 4.69) is 11.9 Å². The Kier molecular flexibility index (Phi) is 8.97. The van der Waals surface area contributed by atoms with E-state index in [1.807, 2.05) is 97.1 Å². The van der Waals surface area contributed by atoms with Crippen molar-refractivity contribution >= 4 is 41.3 Å². The predicted molar refractivity (Wildman–Crippen MR) is 161 cm³/mol. The monoisotopic (exact) mass is 572 g/mol. The second kappa shape index (κ2) is 12.8. The van der Waals surface area contributed by atoms with Gasteiger partial charge in [-0.1, -0.05) is 97.1 Å². The summed E-state index contributed by atoms with van der Waals surface area (Å²) in [7, 11) is 0. The van der Waals surface area contributed by atoms with Crippen LogP contribution in [-0.2, 0) is 25.5 Å². The van der Waals surface area contributed by atoms with Crippen molar-refractivity contribution in [1.82, 2.24) is 10.2 Å². The van der Waals surface area contributed by atoms with E-state index in [4.69, 9.17) is 4.74 Å². The second-order valence-electron chi connectivity index (χ2n) is 10.1. The zero-order chi connectivity index (χ0) is 28.0. The number of β-lactam (4-membered cyclic amide) rings is 1. The summed E-state index contributed by atoms with van der Waals surface area (Å²) in [5, 5.41) is 2.71. The zero-order valence-electron chi connectivity index (χ0n) is 22.1. The van der Waals surface area contributed by atoms with Crippen molar-refractivity contribution in [3.8, 4) is 0 Å². The van der Waals surface area contributed by atoms with E-state index in [-0.39, 0.29) is 36.1 Å². The Morgan fingerprint density at radius 1 is 1.02 bits per heavy atom. The highest BCUT2D eigenvalue weighted by molar-refractivity contribution is 8.00. The first kappa shape index (κ1) is 28.1. The van der Waals surface area contributed by atoms with Crippen LogP contribution in [0.25, 0.3) is 0 Å². The number of amides is 2. The van der Waals surface area contributed by atoms with Gasteiger partial charge in [-0.15, -0.1) is 18.3 Å². The molecular weight excluding hydrogens is 540 g/mol. The van der Waals surface area contributed by atoms with Crippen LogP contribution in [-0.4, -0.2) is 57.9 Å². The molecule has 0 saturated carbocycles. The molecule has 3 aromatic carbocycles. The number of thioether (sulfide) groups is 2. The summed E-state index contributed by atoms with van der Waals surface area (Å²) in [5.74, 6) is 1.02. The largest absolute Gasteiger partial charge is 0.452 e. The molecule has 2 unspecified atom stereocenters. The van der Waals surface area contributed by atoms with E-state index >= 15 is 0 Å². The van der Waals surface area contributed by atoms with Gasteiger partial charge in [0.1, 0.15) is 16.8 Å². The average molecular weight is 573 g/mol. The number of carbonyl (C=O) groups excluding carboxylic acids is 3. The number of rotatable bonds is 11. The van der Waals surface area contributed by atoms with Gasteiger partial charge in [0, 0.05) is 23.8 Å². The van der Waals surface area contributed by atoms with Gasteiger partial charge in [0.2, 0.25) is 11.8 Å². The third-order valence-corrected chi connectivity index (χ3v) is 9.96. The summed E-state index contributed by atoms with van der Waals surface area (Å²) in [4.78, 5) is 41.6. The molecule has 0 spiro atoms. The van der Waals surface area contributed by atoms with Gasteiger partial charge in [0.25, 0.3) is 0 Å². The van der Waals surface area contributed by atoms with Gasteiger partial charge >= 0.3 is 5.97 Å². The third kappa shape index (κ3) is 6.13. The molecule has 2 amide bonds. The summed E-state index contributed by atoms with van der Waals surface area (Å²) < 4.78 is 6.30. The first-order valence-corrected chi connectivity index (χ1v) is 15.5. The van der Waals surface area contributed by atoms with Crippen molar-refractivity contribution in [2.24, 2.45) is 5.41 Å². The SMILES string of the molecule is C=CCSCC1(C(=O)OC(c2ccccc2)c2ccccc2)CS[C@@H]2C(NC(=O)Cc3ccccc3)C(=O)N2C1. The summed E-state index contributed by atoms with van der Waals surface area (Å²) in [6.07, 6.45) is 1.47. The first-order valence-electron chi connectivity index (χ1n) is 13.3. The summed E-state index contributed by atoms with van der Waals surface area (Å²) >= 11 is 3.14. The van der Waals surface area contributed by atoms with Crippen LogP contribution in [0.5, 0.6) is 0 Å². The fourth-order valence-corrected chi connectivity index (χ4v) is 7.71. The Morgan fingerprint density at radius 2 is 1.62 bits per heavy atom. The quantitative estimate of drug-likeness (QED) is 0.153. The lowest BCUT2D eigenvalue weighted by molar-refractivity contribution is -0.164. The molecule has 2 aliphatic heterocycles. The van der Waals surface area contributed by atoms with Gasteiger partial charge in [0.15, 0.2) is 6.10 Å². The fraction of sp³-hybridized carbons (Fsp3) is 0.281. The number of carbonyl (C=O) groups is 3. The highest BCUT2D eigenvalue weighted by Crippen LogP contribution is 2.45. The first-order chi connectivity index (χ1) is 19.5. The smallest absolute Gasteiger partial charge is 0.316 e. The molecule has 40 heavy (non-hydrogen) atoms. The molecule has 2 aliphatic rings.